The number of carbonyl (C=O) groups excluding carboxylic acids is 2. The molecule has 2 rings (SSSR count). The second-order valence-electron chi connectivity index (χ2n) is 5.73. The van der Waals surface area contributed by atoms with E-state index in [2.05, 4.69) is 5.32 Å². The molecule has 1 aliphatic rings. The number of carbonyl (C=O) groups is 2. The van der Waals surface area contributed by atoms with Gasteiger partial charge in [-0.05, 0) is 24.1 Å². The molecule has 132 valence electrons. The molecule has 2 atom stereocenters. The first-order valence-electron chi connectivity index (χ1n) is 7.57. The van der Waals surface area contributed by atoms with Crippen LogP contribution in [0.25, 0.3) is 0 Å². The lowest BCUT2D eigenvalue weighted by atomic mass is 9.83. The summed E-state index contributed by atoms with van der Waals surface area (Å²) in [6, 6.07) is 3.87. The van der Waals surface area contributed by atoms with Crippen LogP contribution in [0.3, 0.4) is 0 Å². The summed E-state index contributed by atoms with van der Waals surface area (Å²) in [7, 11) is 1.54. The number of aliphatic hydroxyl groups excluding tert-OH is 1. The molecule has 24 heavy (non-hydrogen) atoms. The molecule has 5 nitrogen and oxygen atoms in total. The Hall–Kier alpha value is -2.09. The van der Waals surface area contributed by atoms with E-state index >= 15 is 0 Å². The largest absolute Gasteiger partial charge is 0.416 e. The highest BCUT2D eigenvalue weighted by atomic mass is 19.4. The number of benzene rings is 1. The number of alkyl halides is 3. The predicted molar refractivity (Wildman–Crippen MR) is 79.8 cm³/mol. The van der Waals surface area contributed by atoms with E-state index in [9.17, 15) is 22.8 Å². The standard InChI is InChI=1S/C16H19F3N2O3/c1-21-13(23)7-6-12(15(24)20-8-9-22)14(21)10-2-4-11(5-3-10)16(17,18)19/h2-5,12,14,22H,6-9H2,1H3,(H,20,24). The molecular formula is C16H19F3N2O3. The normalized spacial score (nSPS) is 21.7. The van der Waals surface area contributed by atoms with E-state index in [4.69, 9.17) is 5.11 Å². The molecule has 2 amide bonds. The number of nitrogens with zero attached hydrogens (tertiary/aromatic N) is 1. The van der Waals surface area contributed by atoms with Crippen molar-refractivity contribution in [1.29, 1.82) is 0 Å². The van der Waals surface area contributed by atoms with Crippen LogP contribution in [0, 0.1) is 5.92 Å². The maximum Gasteiger partial charge on any atom is 0.416 e. The van der Waals surface area contributed by atoms with Crippen LogP contribution in [0.15, 0.2) is 24.3 Å². The number of halogens is 3. The van der Waals surface area contributed by atoms with Crippen molar-refractivity contribution in [2.24, 2.45) is 5.92 Å². The molecule has 0 spiro atoms. The van der Waals surface area contributed by atoms with Crippen molar-refractivity contribution in [3.63, 3.8) is 0 Å². The minimum Gasteiger partial charge on any atom is -0.395 e. The zero-order chi connectivity index (χ0) is 17.9. The molecule has 0 radical (unpaired) electrons. The lowest BCUT2D eigenvalue weighted by Gasteiger charge is -2.38. The molecule has 1 heterocycles. The van der Waals surface area contributed by atoms with E-state index in [0.717, 1.165) is 12.1 Å². The zero-order valence-electron chi connectivity index (χ0n) is 13.1. The summed E-state index contributed by atoms with van der Waals surface area (Å²) in [6.07, 6.45) is -3.93. The Morgan fingerprint density at radius 1 is 1.33 bits per heavy atom. The number of amides is 2. The fourth-order valence-corrected chi connectivity index (χ4v) is 2.95. The highest BCUT2D eigenvalue weighted by Crippen LogP contribution is 2.37. The molecule has 0 aromatic heterocycles. The van der Waals surface area contributed by atoms with Crippen molar-refractivity contribution >= 4 is 11.8 Å². The Bertz CT molecular complexity index is 602. The molecule has 0 bridgehead atoms. The lowest BCUT2D eigenvalue weighted by molar-refractivity contribution is -0.142. The van der Waals surface area contributed by atoms with Gasteiger partial charge in [-0.25, -0.2) is 0 Å². The van der Waals surface area contributed by atoms with Crippen LogP contribution in [0.1, 0.15) is 30.0 Å². The van der Waals surface area contributed by atoms with Crippen LogP contribution < -0.4 is 5.32 Å². The Balaban J connectivity index is 2.30. The van der Waals surface area contributed by atoms with Gasteiger partial charge in [-0.3, -0.25) is 9.59 Å². The molecule has 1 aliphatic heterocycles. The average molecular weight is 344 g/mol. The van der Waals surface area contributed by atoms with Crippen LogP contribution >= 0.6 is 0 Å². The van der Waals surface area contributed by atoms with E-state index in [1.54, 1.807) is 0 Å². The molecule has 1 aromatic rings. The summed E-state index contributed by atoms with van der Waals surface area (Å²) in [5.41, 5.74) is -0.306. The molecule has 2 N–H and O–H groups in total. The monoisotopic (exact) mass is 344 g/mol. The Kier molecular flexibility index (Phi) is 5.48. The minimum absolute atomic E-state index is 0.0900. The van der Waals surface area contributed by atoms with Crippen molar-refractivity contribution in [2.75, 3.05) is 20.2 Å². The fraction of sp³-hybridized carbons (Fsp3) is 0.500. The molecule has 0 saturated carbocycles. The minimum atomic E-state index is -4.44. The summed E-state index contributed by atoms with van der Waals surface area (Å²) in [5, 5.41) is 11.4. The van der Waals surface area contributed by atoms with Gasteiger partial charge in [0, 0.05) is 20.0 Å². The van der Waals surface area contributed by atoms with Gasteiger partial charge in [0.2, 0.25) is 11.8 Å². The van der Waals surface area contributed by atoms with Crippen LogP contribution in [0.2, 0.25) is 0 Å². The topological polar surface area (TPSA) is 69.6 Å². The first-order chi connectivity index (χ1) is 11.3. The van der Waals surface area contributed by atoms with Gasteiger partial charge < -0.3 is 15.3 Å². The lowest BCUT2D eigenvalue weighted by Crippen LogP contribution is -2.46. The van der Waals surface area contributed by atoms with Crippen LogP contribution in [-0.4, -0.2) is 42.0 Å². The summed E-state index contributed by atoms with van der Waals surface area (Å²) in [4.78, 5) is 25.6. The first kappa shape index (κ1) is 18.3. The second kappa shape index (κ2) is 7.21. The van der Waals surface area contributed by atoms with Crippen molar-refractivity contribution in [3.05, 3.63) is 35.4 Å². The molecule has 0 aliphatic carbocycles. The number of aliphatic hydroxyl groups is 1. The Labute approximate surface area is 137 Å². The predicted octanol–water partition coefficient (Wildman–Crippen LogP) is 1.72. The van der Waals surface area contributed by atoms with E-state index in [0.29, 0.717) is 12.0 Å². The maximum absolute atomic E-state index is 12.7. The third-order valence-electron chi connectivity index (χ3n) is 4.19. The van der Waals surface area contributed by atoms with Gasteiger partial charge >= 0.3 is 6.18 Å². The highest BCUT2D eigenvalue weighted by Gasteiger charge is 2.39. The number of hydrogen-bond acceptors (Lipinski definition) is 3. The van der Waals surface area contributed by atoms with Crippen molar-refractivity contribution in [1.82, 2.24) is 10.2 Å². The molecular weight excluding hydrogens is 325 g/mol. The van der Waals surface area contributed by atoms with E-state index in [1.165, 1.54) is 24.1 Å². The molecule has 1 fully saturated rings. The summed E-state index contributed by atoms with van der Waals surface area (Å²) in [6.45, 7) is -0.120. The van der Waals surface area contributed by atoms with Gasteiger partial charge in [-0.2, -0.15) is 13.2 Å². The number of hydrogen-bond donors (Lipinski definition) is 2. The van der Waals surface area contributed by atoms with Crippen LogP contribution in [0.4, 0.5) is 13.2 Å². The van der Waals surface area contributed by atoms with Crippen molar-refractivity contribution in [3.8, 4) is 0 Å². The van der Waals surface area contributed by atoms with Gasteiger partial charge in [0.1, 0.15) is 0 Å². The van der Waals surface area contributed by atoms with Crippen LogP contribution in [0.5, 0.6) is 0 Å². The SMILES string of the molecule is CN1C(=O)CCC(C(=O)NCCO)C1c1ccc(C(F)(F)F)cc1. The van der Waals surface area contributed by atoms with Crippen LogP contribution in [-0.2, 0) is 15.8 Å². The summed E-state index contributed by atoms with van der Waals surface area (Å²) >= 11 is 0. The molecule has 2 unspecified atom stereocenters. The number of nitrogens with one attached hydrogen (secondary N) is 1. The van der Waals surface area contributed by atoms with E-state index in [1.807, 2.05) is 0 Å². The molecule has 1 saturated heterocycles. The van der Waals surface area contributed by atoms with Gasteiger partial charge in [-0.1, -0.05) is 12.1 Å². The van der Waals surface area contributed by atoms with Gasteiger partial charge in [0.15, 0.2) is 0 Å². The number of likely N-dealkylation sites (tertiary alicyclic amines) is 1. The first-order valence-corrected chi connectivity index (χ1v) is 7.57. The number of rotatable bonds is 4. The van der Waals surface area contributed by atoms with Gasteiger partial charge in [0.05, 0.1) is 24.1 Å². The van der Waals surface area contributed by atoms with E-state index < -0.39 is 23.7 Å². The third-order valence-corrected chi connectivity index (χ3v) is 4.19. The second-order valence-corrected chi connectivity index (χ2v) is 5.73. The van der Waals surface area contributed by atoms with Crippen molar-refractivity contribution < 1.29 is 27.9 Å². The Morgan fingerprint density at radius 2 is 1.96 bits per heavy atom. The van der Waals surface area contributed by atoms with Crippen molar-refractivity contribution in [2.45, 2.75) is 25.1 Å². The van der Waals surface area contributed by atoms with Gasteiger partial charge in [-0.15, -0.1) is 0 Å². The zero-order valence-corrected chi connectivity index (χ0v) is 13.1. The Morgan fingerprint density at radius 3 is 2.50 bits per heavy atom. The summed E-state index contributed by atoms with van der Waals surface area (Å²) < 4.78 is 38.1. The smallest absolute Gasteiger partial charge is 0.395 e. The summed E-state index contributed by atoms with van der Waals surface area (Å²) in [5.74, 6) is -1.06. The fourth-order valence-electron chi connectivity index (χ4n) is 2.95. The third kappa shape index (κ3) is 3.87. The molecule has 1 aromatic carbocycles. The maximum atomic E-state index is 12.7. The van der Waals surface area contributed by atoms with E-state index in [-0.39, 0.29) is 31.4 Å². The highest BCUT2D eigenvalue weighted by molar-refractivity contribution is 5.84. The molecule has 8 heteroatoms. The average Bonchev–Trinajstić information content (AvgIpc) is 2.54. The van der Waals surface area contributed by atoms with Gasteiger partial charge in [0.25, 0.3) is 0 Å². The number of piperidine rings is 1. The quantitative estimate of drug-likeness (QED) is 0.874.